The predicted molar refractivity (Wildman–Crippen MR) is 119 cm³/mol. The van der Waals surface area contributed by atoms with Gasteiger partial charge in [0.15, 0.2) is 0 Å². The molecule has 1 saturated heterocycles. The Morgan fingerprint density at radius 1 is 1.00 bits per heavy atom. The fraction of sp³-hybridized carbons (Fsp3) is 0.300. The van der Waals surface area contributed by atoms with E-state index in [0.717, 1.165) is 54.7 Å². The van der Waals surface area contributed by atoms with Gasteiger partial charge in [0.1, 0.15) is 0 Å². The predicted octanol–water partition coefficient (Wildman–Crippen LogP) is 6.04. The average molecular weight is 441 g/mol. The van der Waals surface area contributed by atoms with E-state index < -0.39 is 0 Å². The molecule has 0 atom stereocenters. The lowest BCUT2D eigenvalue weighted by molar-refractivity contribution is 0.273. The highest BCUT2D eigenvalue weighted by Gasteiger charge is 2.19. The standard InChI is InChI=1S/C20H20Cl3N3S/c21-14-4-5-15-17(12-14)24-13-19(15)27-11-10-25-6-8-26(9-7-25)18-3-1-2-16(22)20(18)23/h1-5,12-13,24H,6-11H2. The Bertz CT molecular complexity index is 935. The van der Waals surface area contributed by atoms with Crippen LogP contribution in [0.15, 0.2) is 47.5 Å². The van der Waals surface area contributed by atoms with Gasteiger partial charge < -0.3 is 9.88 Å². The van der Waals surface area contributed by atoms with Crippen molar-refractivity contribution in [1.29, 1.82) is 0 Å². The third-order valence-corrected chi connectivity index (χ3v) is 6.99. The van der Waals surface area contributed by atoms with Crippen LogP contribution >= 0.6 is 46.6 Å². The van der Waals surface area contributed by atoms with Crippen molar-refractivity contribution in [1.82, 2.24) is 9.88 Å². The SMILES string of the molecule is Clc1ccc2c(SCCN3CCN(c4cccc(Cl)c4Cl)CC3)c[nH]c2c1. The number of hydrogen-bond acceptors (Lipinski definition) is 3. The number of aromatic nitrogens is 1. The number of fused-ring (bicyclic) bond motifs is 1. The van der Waals surface area contributed by atoms with Gasteiger partial charge in [-0.15, -0.1) is 11.8 Å². The first-order valence-corrected chi connectivity index (χ1v) is 11.0. The molecule has 0 unspecified atom stereocenters. The number of anilines is 1. The van der Waals surface area contributed by atoms with Crippen LogP contribution in [0.25, 0.3) is 10.9 Å². The molecule has 1 N–H and O–H groups in total. The van der Waals surface area contributed by atoms with E-state index >= 15 is 0 Å². The minimum Gasteiger partial charge on any atom is -0.368 e. The van der Waals surface area contributed by atoms with Gasteiger partial charge in [0.2, 0.25) is 0 Å². The monoisotopic (exact) mass is 439 g/mol. The number of aromatic amines is 1. The highest BCUT2D eigenvalue weighted by molar-refractivity contribution is 7.99. The molecule has 0 radical (unpaired) electrons. The fourth-order valence-electron chi connectivity index (χ4n) is 3.42. The van der Waals surface area contributed by atoms with Crippen molar-refractivity contribution in [3.63, 3.8) is 0 Å². The Morgan fingerprint density at radius 3 is 2.63 bits per heavy atom. The molecule has 3 nitrogen and oxygen atoms in total. The number of hydrogen-bond donors (Lipinski definition) is 1. The molecule has 1 aliphatic heterocycles. The van der Waals surface area contributed by atoms with Crippen molar-refractivity contribution in [3.05, 3.63) is 57.7 Å². The normalized spacial score (nSPS) is 15.6. The zero-order valence-electron chi connectivity index (χ0n) is 14.7. The molecule has 2 aromatic carbocycles. The van der Waals surface area contributed by atoms with Gasteiger partial charge in [-0.1, -0.05) is 46.9 Å². The summed E-state index contributed by atoms with van der Waals surface area (Å²) >= 11 is 20.5. The number of benzene rings is 2. The number of H-pyrrole nitrogens is 1. The van der Waals surface area contributed by atoms with Gasteiger partial charge in [-0.3, -0.25) is 4.90 Å². The maximum atomic E-state index is 6.36. The number of rotatable bonds is 5. The first-order chi connectivity index (χ1) is 13.1. The number of nitrogens with one attached hydrogen (secondary N) is 1. The molecule has 1 fully saturated rings. The molecule has 3 aromatic rings. The van der Waals surface area contributed by atoms with E-state index in [-0.39, 0.29) is 0 Å². The molecule has 7 heteroatoms. The molecule has 4 rings (SSSR count). The first-order valence-electron chi connectivity index (χ1n) is 8.92. The van der Waals surface area contributed by atoms with Crippen LogP contribution in [0.5, 0.6) is 0 Å². The van der Waals surface area contributed by atoms with E-state index in [1.54, 1.807) is 0 Å². The van der Waals surface area contributed by atoms with Crippen LogP contribution in [-0.2, 0) is 0 Å². The zero-order chi connectivity index (χ0) is 18.8. The van der Waals surface area contributed by atoms with Crippen molar-refractivity contribution in [2.24, 2.45) is 0 Å². The van der Waals surface area contributed by atoms with Gasteiger partial charge in [0, 0.05) is 65.5 Å². The van der Waals surface area contributed by atoms with E-state index in [1.807, 2.05) is 42.1 Å². The highest BCUT2D eigenvalue weighted by atomic mass is 35.5. The summed E-state index contributed by atoms with van der Waals surface area (Å²) in [6.07, 6.45) is 2.07. The molecule has 142 valence electrons. The molecule has 1 aromatic heterocycles. The van der Waals surface area contributed by atoms with E-state index in [1.165, 1.54) is 10.3 Å². The molecule has 0 amide bonds. The second kappa shape index (κ2) is 8.54. The molecule has 0 bridgehead atoms. The van der Waals surface area contributed by atoms with E-state index in [0.29, 0.717) is 10.0 Å². The summed E-state index contributed by atoms with van der Waals surface area (Å²) in [4.78, 5) is 9.41. The van der Waals surface area contributed by atoms with Crippen molar-refractivity contribution in [3.8, 4) is 0 Å². The fourth-order valence-corrected chi connectivity index (χ4v) is 5.06. The Morgan fingerprint density at radius 2 is 1.81 bits per heavy atom. The maximum absolute atomic E-state index is 6.36. The van der Waals surface area contributed by atoms with Gasteiger partial charge in [-0.2, -0.15) is 0 Å². The lowest BCUT2D eigenvalue weighted by atomic mass is 10.2. The molecule has 1 aliphatic rings. The number of piperazine rings is 1. The average Bonchev–Trinajstić information content (AvgIpc) is 3.07. The van der Waals surface area contributed by atoms with Crippen LogP contribution in [0, 0.1) is 0 Å². The Labute approximate surface area is 178 Å². The van der Waals surface area contributed by atoms with Crippen LogP contribution in [0.1, 0.15) is 0 Å². The van der Waals surface area contributed by atoms with Gasteiger partial charge in [0.25, 0.3) is 0 Å². The van der Waals surface area contributed by atoms with Crippen LogP contribution in [0.4, 0.5) is 5.69 Å². The topological polar surface area (TPSA) is 22.3 Å². The van der Waals surface area contributed by atoms with Gasteiger partial charge in [-0.25, -0.2) is 0 Å². The van der Waals surface area contributed by atoms with Gasteiger partial charge >= 0.3 is 0 Å². The summed E-state index contributed by atoms with van der Waals surface area (Å²) in [7, 11) is 0. The largest absolute Gasteiger partial charge is 0.368 e. The lowest BCUT2D eigenvalue weighted by Crippen LogP contribution is -2.47. The van der Waals surface area contributed by atoms with Crippen LogP contribution < -0.4 is 4.90 Å². The van der Waals surface area contributed by atoms with Gasteiger partial charge in [0.05, 0.1) is 15.7 Å². The van der Waals surface area contributed by atoms with E-state index in [4.69, 9.17) is 34.8 Å². The van der Waals surface area contributed by atoms with E-state index in [9.17, 15) is 0 Å². The lowest BCUT2D eigenvalue weighted by Gasteiger charge is -2.36. The number of halogens is 3. The number of nitrogens with zero attached hydrogens (tertiary/aromatic N) is 2. The van der Waals surface area contributed by atoms with Crippen molar-refractivity contribution < 1.29 is 0 Å². The second-order valence-electron chi connectivity index (χ2n) is 6.59. The van der Waals surface area contributed by atoms with Crippen molar-refractivity contribution in [2.75, 3.05) is 43.4 Å². The minimum absolute atomic E-state index is 0.619. The number of thioether (sulfide) groups is 1. The van der Waals surface area contributed by atoms with Crippen molar-refractivity contribution in [2.45, 2.75) is 4.90 Å². The molecular formula is C20H20Cl3N3S. The summed E-state index contributed by atoms with van der Waals surface area (Å²) in [6, 6.07) is 11.8. The Kier molecular flexibility index (Phi) is 6.10. The molecular weight excluding hydrogens is 421 g/mol. The first kappa shape index (κ1) is 19.3. The highest BCUT2D eigenvalue weighted by Crippen LogP contribution is 2.33. The Balaban J connectivity index is 1.29. The molecule has 27 heavy (non-hydrogen) atoms. The summed E-state index contributed by atoms with van der Waals surface area (Å²) in [6.45, 7) is 5.08. The smallest absolute Gasteiger partial charge is 0.0825 e. The molecule has 2 heterocycles. The van der Waals surface area contributed by atoms with Crippen LogP contribution in [-0.4, -0.2) is 48.4 Å². The minimum atomic E-state index is 0.619. The maximum Gasteiger partial charge on any atom is 0.0825 e. The van der Waals surface area contributed by atoms with Crippen LogP contribution in [0.2, 0.25) is 15.1 Å². The van der Waals surface area contributed by atoms with Crippen LogP contribution in [0.3, 0.4) is 0 Å². The van der Waals surface area contributed by atoms with Crippen molar-refractivity contribution >= 4 is 63.2 Å². The quantitative estimate of drug-likeness (QED) is 0.489. The summed E-state index contributed by atoms with van der Waals surface area (Å²) in [5.74, 6) is 1.06. The Hall–Kier alpha value is -1.04. The summed E-state index contributed by atoms with van der Waals surface area (Å²) in [5, 5.41) is 3.28. The van der Waals surface area contributed by atoms with E-state index in [2.05, 4.69) is 27.0 Å². The molecule has 0 aliphatic carbocycles. The second-order valence-corrected chi connectivity index (χ2v) is 8.95. The molecule has 0 spiro atoms. The third kappa shape index (κ3) is 4.36. The zero-order valence-corrected chi connectivity index (χ0v) is 17.8. The van der Waals surface area contributed by atoms with Gasteiger partial charge in [-0.05, 0) is 24.3 Å². The molecule has 0 saturated carbocycles. The summed E-state index contributed by atoms with van der Waals surface area (Å²) in [5.41, 5.74) is 2.13. The summed E-state index contributed by atoms with van der Waals surface area (Å²) < 4.78 is 0. The third-order valence-electron chi connectivity index (χ3n) is 4.92.